The lowest BCUT2D eigenvalue weighted by Gasteiger charge is -2.22. The Morgan fingerprint density at radius 1 is 1.52 bits per heavy atom. The van der Waals surface area contributed by atoms with E-state index in [1.165, 1.54) is 18.3 Å². The number of esters is 1. The van der Waals surface area contributed by atoms with Crippen LogP contribution in [0, 0.1) is 0 Å². The minimum atomic E-state index is -0.638. The molecule has 0 fully saturated rings. The van der Waals surface area contributed by atoms with Crippen LogP contribution in [0.3, 0.4) is 0 Å². The summed E-state index contributed by atoms with van der Waals surface area (Å²) in [6, 6.07) is 2.62. The zero-order valence-corrected chi connectivity index (χ0v) is 12.9. The monoisotopic (exact) mass is 315 g/mol. The summed E-state index contributed by atoms with van der Waals surface area (Å²) in [5, 5.41) is 1.35. The SMILES string of the molecule is CCOC(=O)C(C)NN(C)C(=O)COc1cccnc1Cl. The first-order chi connectivity index (χ1) is 9.95. The van der Waals surface area contributed by atoms with Crippen molar-refractivity contribution >= 4 is 23.5 Å². The molecule has 0 aliphatic carbocycles. The predicted molar refractivity (Wildman–Crippen MR) is 76.7 cm³/mol. The van der Waals surface area contributed by atoms with Crippen LogP contribution in [0.25, 0.3) is 0 Å². The van der Waals surface area contributed by atoms with Gasteiger partial charge in [-0.3, -0.25) is 14.6 Å². The molecule has 1 aromatic rings. The first-order valence-electron chi connectivity index (χ1n) is 6.38. The van der Waals surface area contributed by atoms with E-state index in [4.69, 9.17) is 21.1 Å². The summed E-state index contributed by atoms with van der Waals surface area (Å²) in [6.45, 7) is 3.36. The molecule has 1 rings (SSSR count). The second-order valence-corrected chi connectivity index (χ2v) is 4.49. The molecular formula is C13H18ClN3O4. The molecule has 0 radical (unpaired) electrons. The van der Waals surface area contributed by atoms with Crippen LogP contribution in [-0.2, 0) is 14.3 Å². The molecule has 1 atom stereocenters. The van der Waals surface area contributed by atoms with Crippen molar-refractivity contribution in [2.45, 2.75) is 19.9 Å². The van der Waals surface area contributed by atoms with Gasteiger partial charge in [0.05, 0.1) is 6.61 Å². The Labute approximate surface area is 128 Å². The smallest absolute Gasteiger partial charge is 0.324 e. The number of rotatable bonds is 7. The van der Waals surface area contributed by atoms with Crippen molar-refractivity contribution in [3.63, 3.8) is 0 Å². The van der Waals surface area contributed by atoms with E-state index in [1.807, 2.05) is 0 Å². The number of carbonyl (C=O) groups excluding carboxylic acids is 2. The van der Waals surface area contributed by atoms with Gasteiger partial charge in [-0.15, -0.1) is 0 Å². The Morgan fingerprint density at radius 3 is 2.86 bits per heavy atom. The summed E-state index contributed by atoms with van der Waals surface area (Å²) < 4.78 is 10.1. The minimum absolute atomic E-state index is 0.181. The fourth-order valence-corrected chi connectivity index (χ4v) is 1.57. The number of likely N-dealkylation sites (N-methyl/N-ethyl adjacent to an activating group) is 1. The van der Waals surface area contributed by atoms with Crippen molar-refractivity contribution in [2.24, 2.45) is 0 Å². The maximum Gasteiger partial charge on any atom is 0.324 e. The molecule has 0 spiro atoms. The molecule has 21 heavy (non-hydrogen) atoms. The quantitative estimate of drug-likeness (QED) is 0.460. The Balaban J connectivity index is 2.44. The minimum Gasteiger partial charge on any atom is -0.480 e. The lowest BCUT2D eigenvalue weighted by Crippen LogP contribution is -2.49. The first kappa shape index (κ1) is 17.2. The van der Waals surface area contributed by atoms with Gasteiger partial charge in [0.1, 0.15) is 6.04 Å². The van der Waals surface area contributed by atoms with Crippen LogP contribution in [0.1, 0.15) is 13.8 Å². The number of aromatic nitrogens is 1. The standard InChI is InChI=1S/C13H18ClN3O4/c1-4-20-13(19)9(2)16-17(3)11(18)8-21-10-6-5-7-15-12(10)14/h5-7,9,16H,4,8H2,1-3H3. The summed E-state index contributed by atoms with van der Waals surface area (Å²) in [6.07, 6.45) is 1.52. The average molecular weight is 316 g/mol. The lowest BCUT2D eigenvalue weighted by molar-refractivity contribution is -0.148. The number of halogens is 1. The summed E-state index contributed by atoms with van der Waals surface area (Å²) in [5.41, 5.74) is 2.70. The molecule has 0 aliphatic rings. The van der Waals surface area contributed by atoms with E-state index in [2.05, 4.69) is 10.4 Å². The number of nitrogens with one attached hydrogen (secondary N) is 1. The average Bonchev–Trinajstić information content (AvgIpc) is 2.46. The summed E-state index contributed by atoms with van der Waals surface area (Å²) in [5.74, 6) is -0.487. The highest BCUT2D eigenvalue weighted by Gasteiger charge is 2.18. The molecule has 0 aliphatic heterocycles. The van der Waals surface area contributed by atoms with Crippen LogP contribution in [0.5, 0.6) is 5.75 Å². The van der Waals surface area contributed by atoms with Crippen molar-refractivity contribution in [3.05, 3.63) is 23.5 Å². The van der Waals surface area contributed by atoms with Gasteiger partial charge in [0, 0.05) is 13.2 Å². The molecule has 0 saturated heterocycles. The van der Waals surface area contributed by atoms with Gasteiger partial charge in [-0.05, 0) is 26.0 Å². The molecule has 0 saturated carbocycles. The van der Waals surface area contributed by atoms with Gasteiger partial charge in [-0.1, -0.05) is 11.6 Å². The highest BCUT2D eigenvalue weighted by atomic mass is 35.5. The number of hydrogen-bond acceptors (Lipinski definition) is 6. The normalized spacial score (nSPS) is 11.6. The largest absolute Gasteiger partial charge is 0.480 e. The molecule has 1 amide bonds. The lowest BCUT2D eigenvalue weighted by atomic mass is 10.4. The fraction of sp³-hybridized carbons (Fsp3) is 0.462. The van der Waals surface area contributed by atoms with Crippen LogP contribution in [0.2, 0.25) is 5.15 Å². The second-order valence-electron chi connectivity index (χ2n) is 4.14. The van der Waals surface area contributed by atoms with E-state index < -0.39 is 12.0 Å². The van der Waals surface area contributed by atoms with Gasteiger partial charge in [0.2, 0.25) is 0 Å². The Morgan fingerprint density at radius 2 is 2.24 bits per heavy atom. The van der Waals surface area contributed by atoms with E-state index >= 15 is 0 Å². The number of pyridine rings is 1. The van der Waals surface area contributed by atoms with Gasteiger partial charge in [-0.2, -0.15) is 0 Å². The predicted octanol–water partition coefficient (Wildman–Crippen LogP) is 1.03. The van der Waals surface area contributed by atoms with Gasteiger partial charge in [0.25, 0.3) is 5.91 Å². The highest BCUT2D eigenvalue weighted by Crippen LogP contribution is 2.19. The molecule has 1 N–H and O–H groups in total. The zero-order valence-electron chi connectivity index (χ0n) is 12.1. The van der Waals surface area contributed by atoms with E-state index in [0.29, 0.717) is 5.75 Å². The summed E-state index contributed by atoms with van der Waals surface area (Å²) in [7, 11) is 1.49. The number of hydrazine groups is 1. The van der Waals surface area contributed by atoms with Crippen molar-refractivity contribution < 1.29 is 19.1 Å². The van der Waals surface area contributed by atoms with Crippen LogP contribution >= 0.6 is 11.6 Å². The van der Waals surface area contributed by atoms with Crippen LogP contribution in [0.15, 0.2) is 18.3 Å². The van der Waals surface area contributed by atoms with Crippen LogP contribution < -0.4 is 10.2 Å². The summed E-state index contributed by atoms with van der Waals surface area (Å²) >= 11 is 5.81. The third-order valence-electron chi connectivity index (χ3n) is 2.48. The van der Waals surface area contributed by atoms with E-state index in [1.54, 1.807) is 26.0 Å². The number of carbonyl (C=O) groups is 2. The molecular weight excluding hydrogens is 298 g/mol. The van der Waals surface area contributed by atoms with Gasteiger partial charge in [0.15, 0.2) is 17.5 Å². The van der Waals surface area contributed by atoms with Crippen molar-refractivity contribution in [3.8, 4) is 5.75 Å². The number of hydrogen-bond donors (Lipinski definition) is 1. The summed E-state index contributed by atoms with van der Waals surface area (Å²) in [4.78, 5) is 27.1. The maximum absolute atomic E-state index is 11.9. The second kappa shape index (κ2) is 8.43. The maximum atomic E-state index is 11.9. The number of amides is 1. The highest BCUT2D eigenvalue weighted by molar-refractivity contribution is 6.30. The molecule has 8 heteroatoms. The van der Waals surface area contributed by atoms with Gasteiger partial charge in [-0.25, -0.2) is 10.4 Å². The number of ether oxygens (including phenoxy) is 2. The molecule has 0 bridgehead atoms. The third kappa shape index (κ3) is 5.57. The van der Waals surface area contributed by atoms with Crippen LogP contribution in [-0.4, -0.2) is 48.2 Å². The third-order valence-corrected chi connectivity index (χ3v) is 2.76. The van der Waals surface area contributed by atoms with E-state index in [9.17, 15) is 9.59 Å². The Kier molecular flexibility index (Phi) is 6.90. The first-order valence-corrected chi connectivity index (χ1v) is 6.76. The zero-order chi connectivity index (χ0) is 15.8. The molecule has 7 nitrogen and oxygen atoms in total. The Bertz CT molecular complexity index is 498. The van der Waals surface area contributed by atoms with Crippen LogP contribution in [0.4, 0.5) is 0 Å². The Hall–Kier alpha value is -1.86. The molecule has 1 unspecified atom stereocenters. The molecule has 0 aromatic carbocycles. The van der Waals surface area contributed by atoms with E-state index in [0.717, 1.165) is 0 Å². The van der Waals surface area contributed by atoms with Crippen molar-refractivity contribution in [1.29, 1.82) is 0 Å². The topological polar surface area (TPSA) is 80.8 Å². The number of nitrogens with zero attached hydrogens (tertiary/aromatic N) is 2. The van der Waals surface area contributed by atoms with Crippen molar-refractivity contribution in [2.75, 3.05) is 20.3 Å². The molecule has 1 heterocycles. The van der Waals surface area contributed by atoms with Gasteiger partial charge >= 0.3 is 5.97 Å². The fourth-order valence-electron chi connectivity index (χ4n) is 1.40. The molecule has 116 valence electrons. The van der Waals surface area contributed by atoms with Crippen molar-refractivity contribution in [1.82, 2.24) is 15.4 Å². The van der Waals surface area contributed by atoms with E-state index in [-0.39, 0.29) is 24.3 Å². The molecule has 1 aromatic heterocycles. The van der Waals surface area contributed by atoms with Gasteiger partial charge < -0.3 is 9.47 Å².